The lowest BCUT2D eigenvalue weighted by atomic mass is 10.1. The zero-order chi connectivity index (χ0) is 19.1. The van der Waals surface area contributed by atoms with Crippen LogP contribution in [0.5, 0.6) is 5.75 Å². The Hall–Kier alpha value is -3.30. The van der Waals surface area contributed by atoms with Gasteiger partial charge in [0.25, 0.3) is 5.91 Å². The number of ether oxygens (including phenoxy) is 1. The van der Waals surface area contributed by atoms with Crippen molar-refractivity contribution in [1.29, 1.82) is 5.26 Å². The summed E-state index contributed by atoms with van der Waals surface area (Å²) in [5.41, 5.74) is 1.68. The molecular weight excluding hydrogens is 356 g/mol. The number of carbonyl (C=O) groups is 2. The number of hydrogen-bond acceptors (Lipinski definition) is 4. The fraction of sp³-hybridized carbons (Fsp3) is 0.105. The molecular formula is C19H15ClN2O4. The minimum Gasteiger partial charge on any atom is -0.481 e. The molecule has 0 bridgehead atoms. The minimum absolute atomic E-state index is 0.172. The van der Waals surface area contributed by atoms with E-state index >= 15 is 0 Å². The molecule has 26 heavy (non-hydrogen) atoms. The van der Waals surface area contributed by atoms with Gasteiger partial charge in [0.05, 0.1) is 0 Å². The van der Waals surface area contributed by atoms with Crippen molar-refractivity contribution in [1.82, 2.24) is 0 Å². The summed E-state index contributed by atoms with van der Waals surface area (Å²) in [5, 5.41) is 21.1. The fourth-order valence-electron chi connectivity index (χ4n) is 2.13. The number of carboxylic acids is 1. The molecule has 2 rings (SSSR count). The van der Waals surface area contributed by atoms with Gasteiger partial charge in [-0.1, -0.05) is 23.7 Å². The van der Waals surface area contributed by atoms with Crippen LogP contribution in [0.2, 0.25) is 5.02 Å². The van der Waals surface area contributed by atoms with Crippen molar-refractivity contribution in [2.75, 3.05) is 11.9 Å². The molecule has 0 aliphatic heterocycles. The van der Waals surface area contributed by atoms with Crippen LogP contribution >= 0.6 is 11.6 Å². The van der Waals surface area contributed by atoms with E-state index in [9.17, 15) is 14.9 Å². The highest BCUT2D eigenvalue weighted by Crippen LogP contribution is 2.25. The van der Waals surface area contributed by atoms with Crippen molar-refractivity contribution in [3.63, 3.8) is 0 Å². The van der Waals surface area contributed by atoms with Crippen LogP contribution in [-0.4, -0.2) is 23.6 Å². The van der Waals surface area contributed by atoms with Crippen LogP contribution in [0.1, 0.15) is 11.1 Å². The second-order valence-corrected chi connectivity index (χ2v) is 5.79. The summed E-state index contributed by atoms with van der Waals surface area (Å²) < 4.78 is 5.17. The lowest BCUT2D eigenvalue weighted by Gasteiger charge is -2.09. The fourth-order valence-corrected chi connectivity index (χ4v) is 2.31. The SMILES string of the molecule is Cc1cccc(NC(=O)/C(C#N)=C/c2cc(Cl)ccc2OCC(=O)O)c1. The molecule has 0 atom stereocenters. The lowest BCUT2D eigenvalue weighted by Crippen LogP contribution is -2.14. The molecule has 1 amide bonds. The number of aliphatic carboxylic acids is 1. The van der Waals surface area contributed by atoms with E-state index in [1.807, 2.05) is 19.1 Å². The number of rotatable bonds is 6. The zero-order valence-electron chi connectivity index (χ0n) is 13.8. The predicted octanol–water partition coefficient (Wildman–Crippen LogP) is 3.66. The Kier molecular flexibility index (Phi) is 6.36. The number of amides is 1. The summed E-state index contributed by atoms with van der Waals surface area (Å²) in [6.07, 6.45) is 1.30. The van der Waals surface area contributed by atoms with Gasteiger partial charge in [-0.3, -0.25) is 4.79 Å². The maximum absolute atomic E-state index is 12.4. The van der Waals surface area contributed by atoms with E-state index in [0.29, 0.717) is 16.3 Å². The van der Waals surface area contributed by atoms with E-state index < -0.39 is 18.5 Å². The van der Waals surface area contributed by atoms with Gasteiger partial charge < -0.3 is 15.2 Å². The Morgan fingerprint density at radius 1 is 1.31 bits per heavy atom. The molecule has 0 aromatic heterocycles. The second kappa shape index (κ2) is 8.70. The number of hydrogen-bond donors (Lipinski definition) is 2. The third-order valence-corrected chi connectivity index (χ3v) is 3.50. The van der Waals surface area contributed by atoms with E-state index in [0.717, 1.165) is 5.56 Å². The van der Waals surface area contributed by atoms with Crippen molar-refractivity contribution in [2.45, 2.75) is 6.92 Å². The number of anilines is 1. The molecule has 0 aliphatic carbocycles. The number of carbonyl (C=O) groups excluding carboxylic acids is 1. The van der Waals surface area contributed by atoms with Crippen molar-refractivity contribution in [3.05, 3.63) is 64.2 Å². The highest BCUT2D eigenvalue weighted by atomic mass is 35.5. The molecule has 2 aromatic carbocycles. The van der Waals surface area contributed by atoms with Crippen LogP contribution in [0.25, 0.3) is 6.08 Å². The summed E-state index contributed by atoms with van der Waals surface area (Å²) in [6.45, 7) is 1.33. The smallest absolute Gasteiger partial charge is 0.341 e. The number of benzene rings is 2. The maximum Gasteiger partial charge on any atom is 0.341 e. The van der Waals surface area contributed by atoms with Crippen LogP contribution in [0.4, 0.5) is 5.69 Å². The molecule has 0 unspecified atom stereocenters. The van der Waals surface area contributed by atoms with E-state index in [1.54, 1.807) is 18.2 Å². The first kappa shape index (κ1) is 19.0. The van der Waals surface area contributed by atoms with Gasteiger partial charge in [-0.2, -0.15) is 5.26 Å². The van der Waals surface area contributed by atoms with E-state index in [1.165, 1.54) is 24.3 Å². The summed E-state index contributed by atoms with van der Waals surface area (Å²) in [6, 6.07) is 13.5. The molecule has 0 aliphatic rings. The summed E-state index contributed by atoms with van der Waals surface area (Å²) in [5.74, 6) is -1.54. The van der Waals surface area contributed by atoms with Crippen LogP contribution in [-0.2, 0) is 9.59 Å². The third kappa shape index (κ3) is 5.36. The first-order chi connectivity index (χ1) is 12.4. The molecule has 0 saturated heterocycles. The van der Waals surface area contributed by atoms with Gasteiger partial charge in [-0.25, -0.2) is 4.79 Å². The minimum atomic E-state index is -1.15. The van der Waals surface area contributed by atoms with Crippen molar-refractivity contribution in [3.8, 4) is 11.8 Å². The average molecular weight is 371 g/mol. The topological polar surface area (TPSA) is 99.4 Å². The first-order valence-corrected chi connectivity index (χ1v) is 7.91. The summed E-state index contributed by atoms with van der Waals surface area (Å²) in [7, 11) is 0. The van der Waals surface area contributed by atoms with E-state index in [2.05, 4.69) is 5.32 Å². The van der Waals surface area contributed by atoms with Crippen LogP contribution in [0.15, 0.2) is 48.0 Å². The largest absolute Gasteiger partial charge is 0.481 e. The number of aryl methyl sites for hydroxylation is 1. The van der Waals surface area contributed by atoms with Crippen molar-refractivity contribution >= 4 is 35.2 Å². The van der Waals surface area contributed by atoms with Gasteiger partial charge in [-0.15, -0.1) is 0 Å². The predicted molar refractivity (Wildman–Crippen MR) is 98.0 cm³/mol. The van der Waals surface area contributed by atoms with E-state index in [-0.39, 0.29) is 11.3 Å². The lowest BCUT2D eigenvalue weighted by molar-refractivity contribution is -0.139. The van der Waals surface area contributed by atoms with Crippen LogP contribution < -0.4 is 10.1 Å². The molecule has 0 spiro atoms. The molecule has 7 heteroatoms. The molecule has 0 heterocycles. The number of carboxylic acid groups (broad SMARTS) is 1. The second-order valence-electron chi connectivity index (χ2n) is 5.36. The molecule has 0 fully saturated rings. The number of nitrogens with one attached hydrogen (secondary N) is 1. The first-order valence-electron chi connectivity index (χ1n) is 7.53. The number of halogens is 1. The van der Waals surface area contributed by atoms with Gasteiger partial charge in [0.2, 0.25) is 0 Å². The van der Waals surface area contributed by atoms with Gasteiger partial charge in [-0.05, 0) is 48.9 Å². The standard InChI is InChI=1S/C19H15ClN2O4/c1-12-3-2-4-16(7-12)22-19(25)14(10-21)8-13-9-15(20)5-6-17(13)26-11-18(23)24/h2-9H,11H2,1H3,(H,22,25)(H,23,24)/b14-8+. The Bertz CT molecular complexity index is 916. The quantitative estimate of drug-likeness (QED) is 0.597. The Morgan fingerprint density at radius 2 is 2.08 bits per heavy atom. The summed E-state index contributed by atoms with van der Waals surface area (Å²) >= 11 is 5.95. The molecule has 2 aromatic rings. The van der Waals surface area contributed by atoms with Gasteiger partial charge in [0, 0.05) is 16.3 Å². The van der Waals surface area contributed by atoms with Crippen molar-refractivity contribution < 1.29 is 19.4 Å². The highest BCUT2D eigenvalue weighted by Gasteiger charge is 2.12. The molecule has 6 nitrogen and oxygen atoms in total. The van der Waals surface area contributed by atoms with Crippen LogP contribution in [0.3, 0.4) is 0 Å². The average Bonchev–Trinajstić information content (AvgIpc) is 2.58. The number of nitriles is 1. The van der Waals surface area contributed by atoms with E-state index in [4.69, 9.17) is 21.4 Å². The highest BCUT2D eigenvalue weighted by molar-refractivity contribution is 6.30. The molecule has 0 saturated carbocycles. The Labute approximate surface area is 155 Å². The summed E-state index contributed by atoms with van der Waals surface area (Å²) in [4.78, 5) is 23.0. The maximum atomic E-state index is 12.4. The third-order valence-electron chi connectivity index (χ3n) is 3.26. The van der Waals surface area contributed by atoms with Gasteiger partial charge in [0.15, 0.2) is 6.61 Å². The molecule has 132 valence electrons. The zero-order valence-corrected chi connectivity index (χ0v) is 14.6. The van der Waals surface area contributed by atoms with Gasteiger partial charge >= 0.3 is 5.97 Å². The number of nitrogens with zero attached hydrogens (tertiary/aromatic N) is 1. The van der Waals surface area contributed by atoms with Crippen molar-refractivity contribution in [2.24, 2.45) is 0 Å². The van der Waals surface area contributed by atoms with Gasteiger partial charge in [0.1, 0.15) is 17.4 Å². The molecule has 2 N–H and O–H groups in total. The molecule has 0 radical (unpaired) electrons. The van der Waals surface area contributed by atoms with Crippen LogP contribution in [0, 0.1) is 18.3 Å². The normalized spacial score (nSPS) is 10.7. The Balaban J connectivity index is 2.30. The monoisotopic (exact) mass is 370 g/mol. The Morgan fingerprint density at radius 3 is 2.73 bits per heavy atom.